The van der Waals surface area contributed by atoms with Crippen LogP contribution >= 0.6 is 0 Å². The van der Waals surface area contributed by atoms with E-state index >= 15 is 0 Å². The molecule has 0 saturated heterocycles. The quantitative estimate of drug-likeness (QED) is 0.175. The summed E-state index contributed by atoms with van der Waals surface area (Å²) in [7, 11) is 0. The molecule has 7 nitrogen and oxygen atoms in total. The molecule has 0 unspecified atom stereocenters. The van der Waals surface area contributed by atoms with Crippen LogP contribution in [0.15, 0.2) is 65.7 Å². The van der Waals surface area contributed by atoms with Crippen LogP contribution in [0.2, 0.25) is 0 Å². The van der Waals surface area contributed by atoms with Gasteiger partial charge >= 0.3 is 0 Å². The number of pyridine rings is 1. The van der Waals surface area contributed by atoms with Crippen LogP contribution in [0.1, 0.15) is 22.5 Å². The van der Waals surface area contributed by atoms with Gasteiger partial charge in [-0.05, 0) is 65.2 Å². The Labute approximate surface area is 224 Å². The van der Waals surface area contributed by atoms with Crippen LogP contribution in [0.3, 0.4) is 0 Å². The molecule has 7 rings (SSSR count). The summed E-state index contributed by atoms with van der Waals surface area (Å²) < 4.78 is 28.4. The number of hydrogen-bond acceptors (Lipinski definition) is 7. The first-order valence-corrected chi connectivity index (χ1v) is 11.8. The fraction of sp³-hybridized carbons (Fsp3) is 0. The highest BCUT2D eigenvalue weighted by molar-refractivity contribution is 6.08. The van der Waals surface area contributed by atoms with Crippen molar-refractivity contribution in [2.24, 2.45) is 0 Å². The zero-order chi connectivity index (χ0) is 27.7. The lowest BCUT2D eigenvalue weighted by atomic mass is 10.0. The highest BCUT2D eigenvalue weighted by Crippen LogP contribution is 2.47. The van der Waals surface area contributed by atoms with Crippen molar-refractivity contribution in [1.29, 1.82) is 21.0 Å². The molecule has 2 aromatic heterocycles. The van der Waals surface area contributed by atoms with Gasteiger partial charge in [-0.25, -0.2) is 23.7 Å². The highest BCUT2D eigenvalue weighted by Gasteiger charge is 2.32. The van der Waals surface area contributed by atoms with Crippen molar-refractivity contribution in [2.45, 2.75) is 0 Å². The van der Waals surface area contributed by atoms with Gasteiger partial charge in [0.15, 0.2) is 0 Å². The van der Waals surface area contributed by atoms with Crippen LogP contribution in [0, 0.1) is 57.0 Å². The summed E-state index contributed by atoms with van der Waals surface area (Å²) in [4.78, 5) is 14.3. The fourth-order valence-corrected chi connectivity index (χ4v) is 5.41. The monoisotopic (exact) mass is 517 g/mol. The van der Waals surface area contributed by atoms with Gasteiger partial charge in [0.1, 0.15) is 47.1 Å². The molecule has 0 bridgehead atoms. The summed E-state index contributed by atoms with van der Waals surface area (Å²) in [6, 6.07) is 21.1. The molecule has 0 saturated carbocycles. The number of halogens is 2. The van der Waals surface area contributed by atoms with Gasteiger partial charge in [0.2, 0.25) is 0 Å². The van der Waals surface area contributed by atoms with E-state index in [-0.39, 0.29) is 28.0 Å². The Morgan fingerprint density at radius 2 is 1.02 bits per heavy atom. The normalized spacial score (nSPS) is 12.1. The van der Waals surface area contributed by atoms with Crippen LogP contribution in [0.4, 0.5) is 8.78 Å². The SMILES string of the molecule is N#CC(C#N)=C1c2cc(F)ccc2-c2cc3cc4nc5c(nc4cc3nc21)C(=C(C#N)C#N)c1cc(F)ccc1-5. The van der Waals surface area contributed by atoms with Crippen molar-refractivity contribution in [3.8, 4) is 46.7 Å². The van der Waals surface area contributed by atoms with Crippen molar-refractivity contribution in [3.63, 3.8) is 0 Å². The third kappa shape index (κ3) is 3.01. The number of hydrogen-bond donors (Lipinski definition) is 0. The van der Waals surface area contributed by atoms with Gasteiger partial charge in [0, 0.05) is 27.7 Å². The standard InChI is InChI=1S/C31H9F2N7/c32-17-1-3-19-21(7-17)27(15(10-34)11-35)29-23(19)5-14-6-25-26(9-24(14)38-29)40-31-28(16(12-36)13-37)22-8-18(33)2-4-20(22)30(31)39-25/h1-9H. The summed E-state index contributed by atoms with van der Waals surface area (Å²) in [5, 5.41) is 39.1. The summed E-state index contributed by atoms with van der Waals surface area (Å²) in [6.45, 7) is 0. The first-order valence-electron chi connectivity index (χ1n) is 11.8. The first kappa shape index (κ1) is 22.9. The highest BCUT2D eigenvalue weighted by atomic mass is 19.1. The van der Waals surface area contributed by atoms with Gasteiger partial charge in [-0.3, -0.25) is 0 Å². The van der Waals surface area contributed by atoms with Crippen molar-refractivity contribution < 1.29 is 8.78 Å². The summed E-state index contributed by atoms with van der Waals surface area (Å²) in [5.74, 6) is -1.03. The van der Waals surface area contributed by atoms with E-state index in [0.29, 0.717) is 61.1 Å². The van der Waals surface area contributed by atoms with E-state index in [1.54, 1.807) is 24.3 Å². The second-order valence-corrected chi connectivity index (χ2v) is 9.17. The molecule has 0 N–H and O–H groups in total. The average molecular weight is 517 g/mol. The van der Waals surface area contributed by atoms with E-state index in [1.807, 2.05) is 30.3 Å². The van der Waals surface area contributed by atoms with E-state index in [1.165, 1.54) is 24.3 Å². The average Bonchev–Trinajstić information content (AvgIpc) is 3.42. The van der Waals surface area contributed by atoms with Crippen molar-refractivity contribution >= 4 is 33.1 Å². The van der Waals surface area contributed by atoms with Gasteiger partial charge in [0.25, 0.3) is 0 Å². The van der Waals surface area contributed by atoms with Gasteiger partial charge in [-0.2, -0.15) is 21.0 Å². The molecule has 2 aliphatic rings. The van der Waals surface area contributed by atoms with Crippen molar-refractivity contribution in [3.05, 3.63) is 99.9 Å². The van der Waals surface area contributed by atoms with E-state index in [2.05, 4.69) is 0 Å². The zero-order valence-corrected chi connectivity index (χ0v) is 20.1. The van der Waals surface area contributed by atoms with Gasteiger partial charge in [-0.1, -0.05) is 6.07 Å². The Balaban J connectivity index is 1.54. The number of aromatic nitrogens is 3. The van der Waals surface area contributed by atoms with Gasteiger partial charge in [0.05, 0.1) is 33.6 Å². The molecule has 2 aliphatic carbocycles. The van der Waals surface area contributed by atoms with Crippen molar-refractivity contribution in [1.82, 2.24) is 15.0 Å². The molecule has 0 amide bonds. The topological polar surface area (TPSA) is 134 Å². The Hall–Kier alpha value is -6.29. The lowest BCUT2D eigenvalue weighted by Gasteiger charge is -2.08. The van der Waals surface area contributed by atoms with E-state index in [0.717, 1.165) is 0 Å². The lowest BCUT2D eigenvalue weighted by molar-refractivity contribution is 0.627. The molecule has 0 radical (unpaired) electrons. The Kier molecular flexibility index (Phi) is 4.63. The smallest absolute Gasteiger partial charge is 0.139 e. The summed E-state index contributed by atoms with van der Waals surface area (Å²) in [6.07, 6.45) is 0. The maximum absolute atomic E-state index is 14.2. The number of benzene rings is 3. The minimum Gasteiger partial charge on any atom is -0.247 e. The number of allylic oxidation sites excluding steroid dienone is 2. The molecule has 0 spiro atoms. The summed E-state index contributed by atoms with van der Waals surface area (Å²) in [5.41, 5.74) is 5.17. The minimum atomic E-state index is -0.522. The van der Waals surface area contributed by atoms with Crippen LogP contribution in [-0.4, -0.2) is 15.0 Å². The molecule has 182 valence electrons. The minimum absolute atomic E-state index is 0.184. The van der Waals surface area contributed by atoms with Crippen LogP contribution in [0.25, 0.3) is 55.5 Å². The molecule has 9 heteroatoms. The maximum Gasteiger partial charge on any atom is 0.139 e. The summed E-state index contributed by atoms with van der Waals surface area (Å²) >= 11 is 0. The second kappa shape index (κ2) is 8.10. The van der Waals surface area contributed by atoms with Gasteiger partial charge < -0.3 is 0 Å². The molecular formula is C31H9F2N7. The number of nitrogens with zero attached hydrogens (tertiary/aromatic N) is 7. The maximum atomic E-state index is 14.2. The van der Waals surface area contributed by atoms with E-state index in [9.17, 15) is 29.8 Å². The third-order valence-electron chi connectivity index (χ3n) is 7.07. The number of fused-ring (bicyclic) bond motifs is 8. The first-order chi connectivity index (χ1) is 19.4. The van der Waals surface area contributed by atoms with Crippen LogP contribution < -0.4 is 0 Å². The van der Waals surface area contributed by atoms with Crippen molar-refractivity contribution in [2.75, 3.05) is 0 Å². The largest absolute Gasteiger partial charge is 0.247 e. The zero-order valence-electron chi connectivity index (χ0n) is 20.1. The molecule has 40 heavy (non-hydrogen) atoms. The molecule has 0 fully saturated rings. The Bertz CT molecular complexity index is 2100. The van der Waals surface area contributed by atoms with Crippen LogP contribution in [-0.2, 0) is 0 Å². The lowest BCUT2D eigenvalue weighted by Crippen LogP contribution is -1.96. The van der Waals surface area contributed by atoms with E-state index < -0.39 is 11.6 Å². The molecule has 0 aliphatic heterocycles. The Morgan fingerprint density at radius 3 is 1.68 bits per heavy atom. The van der Waals surface area contributed by atoms with Crippen LogP contribution in [0.5, 0.6) is 0 Å². The van der Waals surface area contributed by atoms with E-state index in [4.69, 9.17) is 15.0 Å². The second-order valence-electron chi connectivity index (χ2n) is 9.17. The molecule has 5 aromatic rings. The number of nitriles is 4. The number of rotatable bonds is 0. The Morgan fingerprint density at radius 1 is 0.500 bits per heavy atom. The predicted molar refractivity (Wildman–Crippen MR) is 140 cm³/mol. The predicted octanol–water partition coefficient (Wildman–Crippen LogP) is 6.12. The third-order valence-corrected chi connectivity index (χ3v) is 7.07. The molecule has 0 atom stereocenters. The molecule has 3 aromatic carbocycles. The molecular weight excluding hydrogens is 508 g/mol. The molecule has 2 heterocycles. The van der Waals surface area contributed by atoms with Gasteiger partial charge in [-0.15, -0.1) is 0 Å². The fourth-order valence-electron chi connectivity index (χ4n) is 5.41.